The van der Waals surface area contributed by atoms with Gasteiger partial charge in [0.25, 0.3) is 0 Å². The molecular weight excluding hydrogens is 285 g/mol. The maximum absolute atomic E-state index is 11.8. The molecule has 5 heteroatoms. The molecule has 1 atom stereocenters. The molecular formula is C14H19Cl2NO2. The Morgan fingerprint density at radius 3 is 2.47 bits per heavy atom. The van der Waals surface area contributed by atoms with E-state index in [1.54, 1.807) is 25.1 Å². The summed E-state index contributed by atoms with van der Waals surface area (Å²) >= 11 is 11.7. The predicted octanol–water partition coefficient (Wildman–Crippen LogP) is 4.38. The highest BCUT2D eigenvalue weighted by atomic mass is 35.5. The van der Waals surface area contributed by atoms with Gasteiger partial charge in [0.1, 0.15) is 6.04 Å². The van der Waals surface area contributed by atoms with Gasteiger partial charge in [-0.2, -0.15) is 0 Å². The van der Waals surface area contributed by atoms with Gasteiger partial charge in [0, 0.05) is 5.69 Å². The first-order chi connectivity index (χ1) is 8.69. The van der Waals surface area contributed by atoms with Gasteiger partial charge in [0.05, 0.1) is 16.7 Å². The van der Waals surface area contributed by atoms with Crippen molar-refractivity contribution in [3.63, 3.8) is 0 Å². The van der Waals surface area contributed by atoms with E-state index in [-0.39, 0.29) is 11.4 Å². The Morgan fingerprint density at radius 2 is 1.95 bits per heavy atom. The van der Waals surface area contributed by atoms with E-state index in [9.17, 15) is 4.79 Å². The van der Waals surface area contributed by atoms with Crippen LogP contribution >= 0.6 is 23.2 Å². The summed E-state index contributed by atoms with van der Waals surface area (Å²) in [5, 5.41) is 3.96. The maximum atomic E-state index is 11.8. The highest BCUT2D eigenvalue weighted by molar-refractivity contribution is 6.42. The van der Waals surface area contributed by atoms with E-state index in [0.717, 1.165) is 5.69 Å². The van der Waals surface area contributed by atoms with Gasteiger partial charge in [-0.15, -0.1) is 0 Å². The fraction of sp³-hybridized carbons (Fsp3) is 0.500. The van der Waals surface area contributed by atoms with E-state index < -0.39 is 6.04 Å². The number of anilines is 1. The molecule has 1 aromatic carbocycles. The fourth-order valence-corrected chi connectivity index (χ4v) is 1.61. The number of esters is 1. The number of ether oxygens (including phenoxy) is 1. The van der Waals surface area contributed by atoms with Crippen LogP contribution in [0.1, 0.15) is 27.7 Å². The first-order valence-electron chi connectivity index (χ1n) is 6.07. The van der Waals surface area contributed by atoms with Gasteiger partial charge in [0.2, 0.25) is 0 Å². The average molecular weight is 304 g/mol. The molecule has 0 bridgehead atoms. The number of hydrogen-bond donors (Lipinski definition) is 1. The smallest absolute Gasteiger partial charge is 0.328 e. The molecule has 0 radical (unpaired) electrons. The Balaban J connectivity index is 2.56. The van der Waals surface area contributed by atoms with Crippen LogP contribution in [0.3, 0.4) is 0 Å². The summed E-state index contributed by atoms with van der Waals surface area (Å²) in [6.07, 6.45) is 0. The molecule has 1 rings (SSSR count). The molecule has 0 saturated heterocycles. The molecule has 19 heavy (non-hydrogen) atoms. The summed E-state index contributed by atoms with van der Waals surface area (Å²) in [4.78, 5) is 11.8. The molecule has 3 nitrogen and oxygen atoms in total. The molecule has 0 spiro atoms. The van der Waals surface area contributed by atoms with Crippen LogP contribution in [0.2, 0.25) is 10.0 Å². The number of carbonyl (C=O) groups is 1. The molecule has 0 aliphatic heterocycles. The van der Waals surface area contributed by atoms with Crippen LogP contribution in [0.25, 0.3) is 0 Å². The third kappa shape index (κ3) is 5.70. The lowest BCUT2D eigenvalue weighted by Crippen LogP contribution is -2.30. The molecule has 0 aliphatic carbocycles. The van der Waals surface area contributed by atoms with Gasteiger partial charge in [-0.05, 0) is 30.5 Å². The Bertz CT molecular complexity index is 455. The zero-order chi connectivity index (χ0) is 14.6. The standard InChI is InChI=1S/C14H19Cl2NO2/c1-9(13(18)19-8-14(2,3)4)17-10-5-6-11(15)12(16)7-10/h5-7,9,17H,8H2,1-4H3/t9-/m0/s1. The van der Waals surface area contributed by atoms with Crippen LogP contribution < -0.4 is 5.32 Å². The van der Waals surface area contributed by atoms with Crippen molar-refractivity contribution in [2.75, 3.05) is 11.9 Å². The van der Waals surface area contributed by atoms with Gasteiger partial charge in [-0.25, -0.2) is 4.79 Å². The van der Waals surface area contributed by atoms with E-state index in [1.165, 1.54) is 0 Å². The van der Waals surface area contributed by atoms with Gasteiger partial charge in [-0.3, -0.25) is 0 Å². The van der Waals surface area contributed by atoms with Crippen molar-refractivity contribution in [3.05, 3.63) is 28.2 Å². The summed E-state index contributed by atoms with van der Waals surface area (Å²) in [6.45, 7) is 8.17. The number of carbonyl (C=O) groups excluding carboxylic acids is 1. The van der Waals surface area contributed by atoms with Crippen LogP contribution in [0.5, 0.6) is 0 Å². The minimum atomic E-state index is -0.445. The van der Waals surface area contributed by atoms with Crippen molar-refractivity contribution in [3.8, 4) is 0 Å². The van der Waals surface area contributed by atoms with Gasteiger partial charge in [0.15, 0.2) is 0 Å². The quantitative estimate of drug-likeness (QED) is 0.839. The number of benzene rings is 1. The first-order valence-corrected chi connectivity index (χ1v) is 6.83. The van der Waals surface area contributed by atoms with Crippen molar-refractivity contribution in [2.45, 2.75) is 33.7 Å². The van der Waals surface area contributed by atoms with Crippen LogP contribution in [0, 0.1) is 5.41 Å². The summed E-state index contributed by atoms with van der Waals surface area (Å²) in [5.74, 6) is -0.291. The third-order valence-electron chi connectivity index (χ3n) is 2.30. The largest absolute Gasteiger partial charge is 0.464 e. The summed E-state index contributed by atoms with van der Waals surface area (Å²) in [5.41, 5.74) is 0.688. The first kappa shape index (κ1) is 16.1. The van der Waals surface area contributed by atoms with E-state index in [0.29, 0.717) is 16.7 Å². The minimum Gasteiger partial charge on any atom is -0.464 e. The van der Waals surface area contributed by atoms with Gasteiger partial charge < -0.3 is 10.1 Å². The average Bonchev–Trinajstić information content (AvgIpc) is 2.29. The molecule has 0 aromatic heterocycles. The van der Waals surface area contributed by atoms with E-state index in [2.05, 4.69) is 5.32 Å². The Kier molecular flexibility index (Phi) is 5.50. The van der Waals surface area contributed by atoms with Crippen LogP contribution in [0.4, 0.5) is 5.69 Å². The second kappa shape index (κ2) is 6.49. The normalized spacial score (nSPS) is 12.9. The van der Waals surface area contributed by atoms with E-state index in [4.69, 9.17) is 27.9 Å². The molecule has 1 N–H and O–H groups in total. The number of hydrogen-bond acceptors (Lipinski definition) is 3. The van der Waals surface area contributed by atoms with E-state index >= 15 is 0 Å². The van der Waals surface area contributed by atoms with Gasteiger partial charge in [-0.1, -0.05) is 44.0 Å². The summed E-state index contributed by atoms with van der Waals surface area (Å²) < 4.78 is 5.23. The van der Waals surface area contributed by atoms with Crippen molar-refractivity contribution < 1.29 is 9.53 Å². The van der Waals surface area contributed by atoms with Crippen molar-refractivity contribution in [2.24, 2.45) is 5.41 Å². The number of halogens is 2. The van der Waals surface area contributed by atoms with Crippen LogP contribution in [-0.2, 0) is 9.53 Å². The van der Waals surface area contributed by atoms with Crippen LogP contribution in [-0.4, -0.2) is 18.6 Å². The molecule has 0 amide bonds. The second-order valence-electron chi connectivity index (χ2n) is 5.66. The van der Waals surface area contributed by atoms with Crippen molar-refractivity contribution in [1.82, 2.24) is 0 Å². The Hall–Kier alpha value is -0.930. The molecule has 0 fully saturated rings. The SMILES string of the molecule is C[C@H](Nc1ccc(Cl)c(Cl)c1)C(=O)OCC(C)(C)C. The second-order valence-corrected chi connectivity index (χ2v) is 6.48. The molecule has 106 valence electrons. The molecule has 0 saturated carbocycles. The Labute approximate surface area is 124 Å². The zero-order valence-corrected chi connectivity index (χ0v) is 13.1. The predicted molar refractivity (Wildman–Crippen MR) is 80.0 cm³/mol. The van der Waals surface area contributed by atoms with Crippen molar-refractivity contribution >= 4 is 34.9 Å². The highest BCUT2D eigenvalue weighted by Crippen LogP contribution is 2.25. The minimum absolute atomic E-state index is 0.0427. The topological polar surface area (TPSA) is 38.3 Å². The molecule has 0 aliphatic rings. The highest BCUT2D eigenvalue weighted by Gasteiger charge is 2.18. The monoisotopic (exact) mass is 303 g/mol. The maximum Gasteiger partial charge on any atom is 0.328 e. The molecule has 1 aromatic rings. The number of rotatable bonds is 4. The lowest BCUT2D eigenvalue weighted by atomic mass is 9.99. The van der Waals surface area contributed by atoms with E-state index in [1.807, 2.05) is 20.8 Å². The lowest BCUT2D eigenvalue weighted by molar-refractivity contribution is -0.146. The third-order valence-corrected chi connectivity index (χ3v) is 3.04. The number of nitrogens with one attached hydrogen (secondary N) is 1. The summed E-state index contributed by atoms with van der Waals surface area (Å²) in [6, 6.07) is 4.68. The molecule has 0 unspecified atom stereocenters. The van der Waals surface area contributed by atoms with Gasteiger partial charge >= 0.3 is 5.97 Å². The lowest BCUT2D eigenvalue weighted by Gasteiger charge is -2.20. The molecule has 0 heterocycles. The summed E-state index contributed by atoms with van der Waals surface area (Å²) in [7, 11) is 0. The fourth-order valence-electron chi connectivity index (χ4n) is 1.31. The van der Waals surface area contributed by atoms with Crippen LogP contribution in [0.15, 0.2) is 18.2 Å². The zero-order valence-electron chi connectivity index (χ0n) is 11.6. The van der Waals surface area contributed by atoms with Crippen molar-refractivity contribution in [1.29, 1.82) is 0 Å². The Morgan fingerprint density at radius 1 is 1.32 bits per heavy atom.